The van der Waals surface area contributed by atoms with Crippen LogP contribution in [0.4, 0.5) is 11.4 Å². The number of nitrogens with zero attached hydrogens (tertiary/aromatic N) is 1. The largest absolute Gasteiger partial charge is 0.462 e. The Bertz CT molecular complexity index is 817. The Labute approximate surface area is 154 Å². The van der Waals surface area contributed by atoms with Crippen LogP contribution in [0.2, 0.25) is 0 Å². The lowest BCUT2D eigenvalue weighted by atomic mass is 10.0. The molecule has 0 atom stereocenters. The predicted octanol–water partition coefficient (Wildman–Crippen LogP) is 3.24. The number of hydrogen-bond donors (Lipinski definition) is 1. The lowest BCUT2D eigenvalue weighted by molar-refractivity contribution is -0.117. The van der Waals surface area contributed by atoms with Crippen LogP contribution in [-0.2, 0) is 22.4 Å². The van der Waals surface area contributed by atoms with E-state index in [-0.39, 0.29) is 18.4 Å². The van der Waals surface area contributed by atoms with Gasteiger partial charge in [-0.05, 0) is 55.6 Å². The van der Waals surface area contributed by atoms with E-state index in [0.717, 1.165) is 41.9 Å². The predicted molar refractivity (Wildman–Crippen MR) is 102 cm³/mol. The van der Waals surface area contributed by atoms with Crippen molar-refractivity contribution in [1.29, 1.82) is 0 Å². The SMILES string of the molecule is CCNCC(=O)N1c2ccccc2CCc2ccc(C(=O)OCC)cc21. The molecule has 0 unspecified atom stereocenters. The Hall–Kier alpha value is -2.66. The van der Waals surface area contributed by atoms with Gasteiger partial charge in [0.25, 0.3) is 0 Å². The maximum Gasteiger partial charge on any atom is 0.338 e. The van der Waals surface area contributed by atoms with E-state index < -0.39 is 0 Å². The van der Waals surface area contributed by atoms with Crippen molar-refractivity contribution in [3.8, 4) is 0 Å². The highest BCUT2D eigenvalue weighted by Crippen LogP contribution is 2.36. The van der Waals surface area contributed by atoms with Gasteiger partial charge < -0.3 is 10.1 Å². The highest BCUT2D eigenvalue weighted by atomic mass is 16.5. The maximum absolute atomic E-state index is 13.0. The molecule has 0 radical (unpaired) electrons. The molecule has 1 amide bonds. The Balaban J connectivity index is 2.09. The lowest BCUT2D eigenvalue weighted by Crippen LogP contribution is -2.35. The fourth-order valence-corrected chi connectivity index (χ4v) is 3.24. The van der Waals surface area contributed by atoms with Crippen molar-refractivity contribution in [2.75, 3.05) is 24.6 Å². The zero-order valence-electron chi connectivity index (χ0n) is 15.2. The van der Waals surface area contributed by atoms with Crippen molar-refractivity contribution in [3.05, 3.63) is 59.2 Å². The zero-order valence-corrected chi connectivity index (χ0v) is 15.2. The Kier molecular flexibility index (Phi) is 5.68. The molecule has 0 bridgehead atoms. The van der Waals surface area contributed by atoms with Gasteiger partial charge in [0.2, 0.25) is 5.91 Å². The number of likely N-dealkylation sites (N-methyl/N-ethyl adjacent to an activating group) is 1. The van der Waals surface area contributed by atoms with Gasteiger partial charge >= 0.3 is 5.97 Å². The number of hydrogen-bond acceptors (Lipinski definition) is 4. The summed E-state index contributed by atoms with van der Waals surface area (Å²) in [6.45, 7) is 5.03. The number of ether oxygens (including phenoxy) is 1. The van der Waals surface area contributed by atoms with Crippen molar-refractivity contribution in [2.24, 2.45) is 0 Å². The van der Waals surface area contributed by atoms with Gasteiger partial charge in [-0.2, -0.15) is 0 Å². The molecule has 2 aromatic carbocycles. The van der Waals surface area contributed by atoms with Crippen LogP contribution in [0.1, 0.15) is 35.3 Å². The van der Waals surface area contributed by atoms with Crippen LogP contribution in [0.15, 0.2) is 42.5 Å². The Morgan fingerprint density at radius 1 is 1.04 bits per heavy atom. The summed E-state index contributed by atoms with van der Waals surface area (Å²) in [7, 11) is 0. The number of esters is 1. The van der Waals surface area contributed by atoms with Crippen molar-refractivity contribution in [3.63, 3.8) is 0 Å². The van der Waals surface area contributed by atoms with Crippen molar-refractivity contribution < 1.29 is 14.3 Å². The first-order valence-electron chi connectivity index (χ1n) is 9.07. The first-order valence-corrected chi connectivity index (χ1v) is 9.07. The fraction of sp³-hybridized carbons (Fsp3) is 0.333. The summed E-state index contributed by atoms with van der Waals surface area (Å²) in [4.78, 5) is 26.9. The van der Waals surface area contributed by atoms with Crippen LogP contribution in [0, 0.1) is 0 Å². The molecule has 1 aliphatic heterocycles. The summed E-state index contributed by atoms with van der Waals surface area (Å²) >= 11 is 0. The number of carbonyl (C=O) groups excluding carboxylic acids is 2. The molecule has 0 aromatic heterocycles. The summed E-state index contributed by atoms with van der Waals surface area (Å²) in [6.07, 6.45) is 1.67. The molecule has 1 aliphatic rings. The van der Waals surface area contributed by atoms with E-state index in [1.54, 1.807) is 24.0 Å². The van der Waals surface area contributed by atoms with Gasteiger partial charge in [0, 0.05) is 0 Å². The molecular formula is C21H24N2O3. The molecule has 0 aliphatic carbocycles. The highest BCUT2D eigenvalue weighted by molar-refractivity contribution is 6.04. The minimum absolute atomic E-state index is 0.0385. The molecule has 3 rings (SSSR count). The first-order chi connectivity index (χ1) is 12.7. The summed E-state index contributed by atoms with van der Waals surface area (Å²) < 4.78 is 5.13. The minimum Gasteiger partial charge on any atom is -0.462 e. The molecule has 136 valence electrons. The van der Waals surface area contributed by atoms with Crippen LogP contribution in [0.25, 0.3) is 0 Å². The minimum atomic E-state index is -0.369. The monoisotopic (exact) mass is 352 g/mol. The number of carbonyl (C=O) groups is 2. The van der Waals surface area contributed by atoms with E-state index in [2.05, 4.69) is 11.4 Å². The smallest absolute Gasteiger partial charge is 0.338 e. The van der Waals surface area contributed by atoms with Gasteiger partial charge in [-0.15, -0.1) is 0 Å². The average Bonchev–Trinajstić information content (AvgIpc) is 2.82. The molecule has 1 N–H and O–H groups in total. The normalized spacial score (nSPS) is 12.8. The van der Waals surface area contributed by atoms with E-state index >= 15 is 0 Å². The fourth-order valence-electron chi connectivity index (χ4n) is 3.24. The molecule has 2 aromatic rings. The molecule has 26 heavy (non-hydrogen) atoms. The molecular weight excluding hydrogens is 328 g/mol. The highest BCUT2D eigenvalue weighted by Gasteiger charge is 2.26. The van der Waals surface area contributed by atoms with Crippen molar-refractivity contribution in [1.82, 2.24) is 5.32 Å². The molecule has 5 nitrogen and oxygen atoms in total. The standard InChI is InChI=1S/C21H24N2O3/c1-3-22-14-20(24)23-18-8-6-5-7-15(18)9-10-16-11-12-17(13-19(16)23)21(25)26-4-2/h5-8,11-13,22H,3-4,9-10,14H2,1-2H3. The van der Waals surface area contributed by atoms with Gasteiger partial charge in [-0.3, -0.25) is 9.69 Å². The second kappa shape index (κ2) is 8.15. The molecule has 0 fully saturated rings. The first kappa shape index (κ1) is 18.1. The third-order valence-electron chi connectivity index (χ3n) is 4.51. The summed E-state index contributed by atoms with van der Waals surface area (Å²) in [5.74, 6) is -0.407. The van der Waals surface area contributed by atoms with Gasteiger partial charge in [0.1, 0.15) is 0 Å². The van der Waals surface area contributed by atoms with Crippen molar-refractivity contribution in [2.45, 2.75) is 26.7 Å². The van der Waals surface area contributed by atoms with Crippen LogP contribution >= 0.6 is 0 Å². The third-order valence-corrected chi connectivity index (χ3v) is 4.51. The van der Waals surface area contributed by atoms with Crippen molar-refractivity contribution >= 4 is 23.3 Å². The third kappa shape index (κ3) is 3.63. The molecule has 0 saturated heterocycles. The topological polar surface area (TPSA) is 58.6 Å². The molecule has 1 heterocycles. The summed E-state index contributed by atoms with van der Waals surface area (Å²) in [5.41, 5.74) is 4.30. The van der Waals surface area contributed by atoms with Crippen LogP contribution in [0.3, 0.4) is 0 Å². The number of amides is 1. The maximum atomic E-state index is 13.0. The number of anilines is 2. The van der Waals surface area contributed by atoms with Gasteiger partial charge in [-0.25, -0.2) is 4.79 Å². The van der Waals surface area contributed by atoms with Crippen LogP contribution < -0.4 is 10.2 Å². The van der Waals surface area contributed by atoms with E-state index in [9.17, 15) is 9.59 Å². The number of fused-ring (bicyclic) bond motifs is 2. The van der Waals surface area contributed by atoms with E-state index in [1.165, 1.54) is 0 Å². The van der Waals surface area contributed by atoms with E-state index in [0.29, 0.717) is 12.2 Å². The summed E-state index contributed by atoms with van der Waals surface area (Å²) in [5, 5.41) is 3.10. The van der Waals surface area contributed by atoms with E-state index in [1.807, 2.05) is 31.2 Å². The van der Waals surface area contributed by atoms with Gasteiger partial charge in [0.15, 0.2) is 0 Å². The lowest BCUT2D eigenvalue weighted by Gasteiger charge is -2.25. The van der Waals surface area contributed by atoms with Gasteiger partial charge in [0.05, 0.1) is 30.1 Å². The average molecular weight is 352 g/mol. The number of nitrogens with one attached hydrogen (secondary N) is 1. The molecule has 0 saturated carbocycles. The molecule has 0 spiro atoms. The number of aryl methyl sites for hydroxylation is 2. The quantitative estimate of drug-likeness (QED) is 0.840. The van der Waals surface area contributed by atoms with Gasteiger partial charge in [-0.1, -0.05) is 31.2 Å². The zero-order chi connectivity index (χ0) is 18.5. The summed E-state index contributed by atoms with van der Waals surface area (Å²) in [6, 6.07) is 13.4. The Morgan fingerprint density at radius 3 is 2.50 bits per heavy atom. The number of rotatable bonds is 5. The molecule has 5 heteroatoms. The number of para-hydroxylation sites is 1. The number of benzene rings is 2. The van der Waals surface area contributed by atoms with Crippen LogP contribution in [0.5, 0.6) is 0 Å². The second-order valence-electron chi connectivity index (χ2n) is 6.20. The van der Waals surface area contributed by atoms with Crippen LogP contribution in [-0.4, -0.2) is 31.6 Å². The van der Waals surface area contributed by atoms with E-state index in [4.69, 9.17) is 4.74 Å². The second-order valence-corrected chi connectivity index (χ2v) is 6.20. The Morgan fingerprint density at radius 2 is 1.77 bits per heavy atom.